The Balaban J connectivity index is 2.00. The Labute approximate surface area is 141 Å². The minimum atomic E-state index is -0.123. The lowest BCUT2D eigenvalue weighted by Crippen LogP contribution is -2.38. The van der Waals surface area contributed by atoms with E-state index in [1.54, 1.807) is 17.8 Å². The molecule has 1 saturated heterocycles. The summed E-state index contributed by atoms with van der Waals surface area (Å²) in [6.45, 7) is 7.89. The molecule has 6 nitrogen and oxygen atoms in total. The van der Waals surface area contributed by atoms with Crippen LogP contribution in [0, 0.1) is 5.92 Å². The first-order valence-corrected chi connectivity index (χ1v) is 9.18. The van der Waals surface area contributed by atoms with Crippen LogP contribution in [0.1, 0.15) is 39.3 Å². The summed E-state index contributed by atoms with van der Waals surface area (Å²) in [5.41, 5.74) is 0.678. The van der Waals surface area contributed by atoms with Gasteiger partial charge in [0.05, 0.1) is 18.2 Å². The standard InChI is InChI=1S/C16H25N3O3S/c1-4-22-15(21)12-5-7-19(8-6-12)16-17-13(9-14(20)18-16)10-23-11(2)3/h9,11-12H,4-8,10H2,1-3H3,(H,17,18,20). The van der Waals surface area contributed by atoms with Crippen molar-refractivity contribution in [1.82, 2.24) is 9.97 Å². The van der Waals surface area contributed by atoms with E-state index in [9.17, 15) is 9.59 Å². The van der Waals surface area contributed by atoms with Gasteiger partial charge in [-0.25, -0.2) is 4.98 Å². The minimum Gasteiger partial charge on any atom is -0.466 e. The van der Waals surface area contributed by atoms with Gasteiger partial charge >= 0.3 is 5.97 Å². The molecule has 0 bridgehead atoms. The van der Waals surface area contributed by atoms with Crippen LogP contribution in [0.2, 0.25) is 0 Å². The molecule has 0 radical (unpaired) electrons. The largest absolute Gasteiger partial charge is 0.466 e. The first kappa shape index (κ1) is 17.8. The van der Waals surface area contributed by atoms with Crippen LogP contribution >= 0.6 is 11.8 Å². The lowest BCUT2D eigenvalue weighted by atomic mass is 9.97. The summed E-state index contributed by atoms with van der Waals surface area (Å²) in [6.07, 6.45) is 1.46. The van der Waals surface area contributed by atoms with Crippen molar-refractivity contribution in [2.24, 2.45) is 5.92 Å². The molecular weight excluding hydrogens is 314 g/mol. The predicted molar refractivity (Wildman–Crippen MR) is 92.9 cm³/mol. The molecule has 2 heterocycles. The van der Waals surface area contributed by atoms with Crippen molar-refractivity contribution < 1.29 is 9.53 Å². The van der Waals surface area contributed by atoms with Crippen LogP contribution in [0.25, 0.3) is 0 Å². The number of thioether (sulfide) groups is 1. The van der Waals surface area contributed by atoms with Crippen molar-refractivity contribution in [3.63, 3.8) is 0 Å². The van der Waals surface area contributed by atoms with Gasteiger partial charge in [-0.1, -0.05) is 13.8 Å². The lowest BCUT2D eigenvalue weighted by molar-refractivity contribution is -0.148. The predicted octanol–water partition coefficient (Wildman–Crippen LogP) is 2.19. The molecule has 128 valence electrons. The van der Waals surface area contributed by atoms with E-state index in [1.807, 2.05) is 11.8 Å². The number of aromatic nitrogens is 2. The Kier molecular flexibility index (Phi) is 6.50. The number of nitrogens with one attached hydrogen (secondary N) is 1. The second kappa shape index (κ2) is 8.38. The fraction of sp³-hybridized carbons (Fsp3) is 0.688. The minimum absolute atomic E-state index is 0.0439. The van der Waals surface area contributed by atoms with Crippen LogP contribution in [0.4, 0.5) is 5.95 Å². The van der Waals surface area contributed by atoms with Gasteiger partial charge in [0.15, 0.2) is 0 Å². The molecule has 1 aliphatic heterocycles. The van der Waals surface area contributed by atoms with Gasteiger partial charge in [-0.3, -0.25) is 14.6 Å². The van der Waals surface area contributed by atoms with E-state index in [0.29, 0.717) is 30.9 Å². The van der Waals surface area contributed by atoms with Gasteiger partial charge in [0.25, 0.3) is 5.56 Å². The van der Waals surface area contributed by atoms with E-state index >= 15 is 0 Å². The highest BCUT2D eigenvalue weighted by Crippen LogP contribution is 2.22. The first-order chi connectivity index (χ1) is 11.0. The number of piperidine rings is 1. The van der Waals surface area contributed by atoms with Crippen molar-refractivity contribution in [2.75, 3.05) is 24.6 Å². The van der Waals surface area contributed by atoms with Gasteiger partial charge < -0.3 is 9.64 Å². The number of hydrogen-bond donors (Lipinski definition) is 1. The third kappa shape index (κ3) is 5.27. The quantitative estimate of drug-likeness (QED) is 0.801. The van der Waals surface area contributed by atoms with Crippen molar-refractivity contribution in [3.05, 3.63) is 22.1 Å². The summed E-state index contributed by atoms with van der Waals surface area (Å²) in [4.78, 5) is 33.1. The van der Waals surface area contributed by atoms with Gasteiger partial charge in [-0.05, 0) is 25.0 Å². The molecule has 2 rings (SSSR count). The summed E-state index contributed by atoms with van der Waals surface area (Å²) in [5.74, 6) is 1.18. The molecule has 0 unspecified atom stereocenters. The van der Waals surface area contributed by atoms with Crippen molar-refractivity contribution in [3.8, 4) is 0 Å². The summed E-state index contributed by atoms with van der Waals surface area (Å²) >= 11 is 1.76. The molecular formula is C16H25N3O3S. The van der Waals surface area contributed by atoms with Crippen LogP contribution < -0.4 is 10.5 Å². The monoisotopic (exact) mass is 339 g/mol. The van der Waals surface area contributed by atoms with Crippen LogP contribution in [0.5, 0.6) is 0 Å². The number of carbonyl (C=O) groups is 1. The maximum atomic E-state index is 11.9. The number of esters is 1. The smallest absolute Gasteiger partial charge is 0.309 e. The third-order valence-corrected chi connectivity index (χ3v) is 4.89. The molecule has 1 N–H and O–H groups in total. The molecule has 0 amide bonds. The van der Waals surface area contributed by atoms with Crippen molar-refractivity contribution in [2.45, 2.75) is 44.6 Å². The average Bonchev–Trinajstić information content (AvgIpc) is 2.53. The molecule has 0 saturated carbocycles. The maximum Gasteiger partial charge on any atom is 0.309 e. The SMILES string of the molecule is CCOC(=O)C1CCN(c2nc(CSC(C)C)cc(=O)[nH]2)CC1. The van der Waals surface area contributed by atoms with E-state index in [2.05, 4.69) is 23.8 Å². The summed E-state index contributed by atoms with van der Waals surface area (Å²) in [7, 11) is 0. The van der Waals surface area contributed by atoms with E-state index < -0.39 is 0 Å². The molecule has 1 fully saturated rings. The normalized spacial score (nSPS) is 15.9. The Morgan fingerprint density at radius 2 is 2.17 bits per heavy atom. The Bertz CT molecular complexity index is 580. The Hall–Kier alpha value is -1.50. The van der Waals surface area contributed by atoms with Crippen LogP contribution in [-0.2, 0) is 15.3 Å². The fourth-order valence-corrected chi connectivity index (χ4v) is 3.21. The molecule has 1 aromatic heterocycles. The van der Waals surface area contributed by atoms with E-state index in [0.717, 1.165) is 24.3 Å². The third-order valence-electron chi connectivity index (χ3n) is 3.76. The van der Waals surface area contributed by atoms with Gasteiger partial charge in [-0.2, -0.15) is 11.8 Å². The van der Waals surface area contributed by atoms with Gasteiger partial charge in [0.1, 0.15) is 0 Å². The molecule has 7 heteroatoms. The number of anilines is 1. The Morgan fingerprint density at radius 1 is 1.48 bits per heavy atom. The number of hydrogen-bond acceptors (Lipinski definition) is 6. The van der Waals surface area contributed by atoms with E-state index in [1.165, 1.54) is 0 Å². The van der Waals surface area contributed by atoms with Crippen LogP contribution in [0.15, 0.2) is 10.9 Å². The summed E-state index contributed by atoms with van der Waals surface area (Å²) in [6, 6.07) is 1.56. The highest BCUT2D eigenvalue weighted by molar-refractivity contribution is 7.99. The number of carbonyl (C=O) groups excluding carboxylic acids is 1. The summed E-state index contributed by atoms with van der Waals surface area (Å²) in [5, 5.41) is 0.500. The number of rotatable bonds is 6. The molecule has 1 aliphatic rings. The zero-order chi connectivity index (χ0) is 16.8. The highest BCUT2D eigenvalue weighted by Gasteiger charge is 2.27. The van der Waals surface area contributed by atoms with Crippen LogP contribution in [0.3, 0.4) is 0 Å². The number of aromatic amines is 1. The zero-order valence-corrected chi connectivity index (χ0v) is 14.8. The number of ether oxygens (including phenoxy) is 1. The Morgan fingerprint density at radius 3 is 2.78 bits per heavy atom. The van der Waals surface area contributed by atoms with Gasteiger partial charge in [-0.15, -0.1) is 0 Å². The van der Waals surface area contributed by atoms with Gasteiger partial charge in [0.2, 0.25) is 5.95 Å². The fourth-order valence-electron chi connectivity index (χ4n) is 2.56. The second-order valence-electron chi connectivity index (χ2n) is 5.93. The highest BCUT2D eigenvalue weighted by atomic mass is 32.2. The second-order valence-corrected chi connectivity index (χ2v) is 7.50. The average molecular weight is 339 g/mol. The maximum absolute atomic E-state index is 11.9. The molecule has 0 atom stereocenters. The molecule has 0 aromatic carbocycles. The molecule has 1 aromatic rings. The van der Waals surface area contributed by atoms with Crippen molar-refractivity contribution >= 4 is 23.7 Å². The van der Waals surface area contributed by atoms with Gasteiger partial charge in [0, 0.05) is 24.9 Å². The molecule has 23 heavy (non-hydrogen) atoms. The van der Waals surface area contributed by atoms with E-state index in [-0.39, 0.29) is 17.4 Å². The zero-order valence-electron chi connectivity index (χ0n) is 14.0. The summed E-state index contributed by atoms with van der Waals surface area (Å²) < 4.78 is 5.08. The number of H-pyrrole nitrogens is 1. The first-order valence-electron chi connectivity index (χ1n) is 8.13. The molecule has 0 aliphatic carbocycles. The van der Waals surface area contributed by atoms with Crippen LogP contribution in [-0.4, -0.2) is 40.9 Å². The van der Waals surface area contributed by atoms with Crippen molar-refractivity contribution in [1.29, 1.82) is 0 Å². The van der Waals surface area contributed by atoms with E-state index in [4.69, 9.17) is 4.74 Å². The lowest BCUT2D eigenvalue weighted by Gasteiger charge is -2.31. The number of nitrogens with zero attached hydrogens (tertiary/aromatic N) is 2. The molecule has 0 spiro atoms. The topological polar surface area (TPSA) is 75.3 Å².